The van der Waals surface area contributed by atoms with E-state index in [2.05, 4.69) is 9.72 Å². The van der Waals surface area contributed by atoms with Crippen molar-refractivity contribution in [3.05, 3.63) is 46.4 Å². The fraction of sp³-hybridized carbons (Fsp3) is 0.267. The van der Waals surface area contributed by atoms with Crippen LogP contribution in [0.25, 0.3) is 11.3 Å². The lowest BCUT2D eigenvalue weighted by molar-refractivity contribution is 0.0594. The lowest BCUT2D eigenvalue weighted by Gasteiger charge is -2.10. The van der Waals surface area contributed by atoms with Crippen LogP contribution in [0.1, 0.15) is 27.2 Å². The van der Waals surface area contributed by atoms with E-state index < -0.39 is 11.8 Å². The summed E-state index contributed by atoms with van der Waals surface area (Å²) in [7, 11) is 1.27. The molecule has 1 heterocycles. The van der Waals surface area contributed by atoms with Crippen LogP contribution in [-0.2, 0) is 4.74 Å². The van der Waals surface area contributed by atoms with E-state index in [1.807, 2.05) is 32.9 Å². The van der Waals surface area contributed by atoms with Crippen LogP contribution in [-0.4, -0.2) is 18.1 Å². The molecule has 2 rings (SSSR count). The number of esters is 1. The zero-order chi connectivity index (χ0) is 14.2. The molecule has 4 heteroatoms. The number of methoxy groups -OCH3 is 1. The van der Waals surface area contributed by atoms with Crippen LogP contribution in [0, 0.1) is 26.6 Å². The average molecular weight is 261 g/mol. The predicted molar refractivity (Wildman–Crippen MR) is 71.7 cm³/mol. The molecule has 0 unspecified atom stereocenters. The molecule has 0 amide bonds. The van der Waals surface area contributed by atoms with Gasteiger partial charge >= 0.3 is 5.97 Å². The van der Waals surface area contributed by atoms with Gasteiger partial charge in [0.25, 0.3) is 0 Å². The Morgan fingerprint density at radius 3 is 2.26 bits per heavy atom. The minimum atomic E-state index is -0.576. The standard InChI is InChI=1S/C15H16FNO2/c1-8-5-9(2)13(10(3)6-8)14-11(16)7-12(17-14)15(18)19-4/h5-7,17H,1-4H3. The van der Waals surface area contributed by atoms with Gasteiger partial charge in [-0.1, -0.05) is 17.7 Å². The fourth-order valence-corrected chi connectivity index (χ4v) is 2.41. The maximum absolute atomic E-state index is 14.0. The van der Waals surface area contributed by atoms with Crippen LogP contribution in [0.4, 0.5) is 4.39 Å². The van der Waals surface area contributed by atoms with Gasteiger partial charge in [-0.3, -0.25) is 0 Å². The molecule has 2 aromatic rings. The summed E-state index contributed by atoms with van der Waals surface area (Å²) in [4.78, 5) is 14.2. The Hall–Kier alpha value is -2.10. The zero-order valence-electron chi connectivity index (χ0n) is 11.4. The second kappa shape index (κ2) is 4.88. The van der Waals surface area contributed by atoms with E-state index in [0.29, 0.717) is 5.69 Å². The topological polar surface area (TPSA) is 42.1 Å². The summed E-state index contributed by atoms with van der Waals surface area (Å²) in [6.45, 7) is 5.84. The average Bonchev–Trinajstić information content (AvgIpc) is 2.69. The van der Waals surface area contributed by atoms with E-state index in [0.717, 1.165) is 22.3 Å². The zero-order valence-corrected chi connectivity index (χ0v) is 11.4. The van der Waals surface area contributed by atoms with Crippen LogP contribution < -0.4 is 0 Å². The van der Waals surface area contributed by atoms with Crippen molar-refractivity contribution in [2.45, 2.75) is 20.8 Å². The van der Waals surface area contributed by atoms with Crippen molar-refractivity contribution in [2.75, 3.05) is 7.11 Å². The number of rotatable bonds is 2. The smallest absolute Gasteiger partial charge is 0.354 e. The Kier molecular flexibility index (Phi) is 3.42. The molecule has 0 atom stereocenters. The molecule has 0 bridgehead atoms. The number of nitrogens with one attached hydrogen (secondary N) is 1. The van der Waals surface area contributed by atoms with E-state index in [4.69, 9.17) is 0 Å². The molecule has 0 saturated carbocycles. The van der Waals surface area contributed by atoms with Crippen LogP contribution in [0.15, 0.2) is 18.2 Å². The van der Waals surface area contributed by atoms with Crippen LogP contribution in [0.5, 0.6) is 0 Å². The molecule has 1 N–H and O–H groups in total. The Labute approximate surface area is 111 Å². The molecule has 0 aliphatic carbocycles. The molecule has 0 spiro atoms. The maximum Gasteiger partial charge on any atom is 0.354 e. The highest BCUT2D eigenvalue weighted by Crippen LogP contribution is 2.30. The number of H-pyrrole nitrogens is 1. The van der Waals surface area contributed by atoms with Gasteiger partial charge in [0.1, 0.15) is 11.5 Å². The van der Waals surface area contributed by atoms with Crippen molar-refractivity contribution in [1.82, 2.24) is 4.98 Å². The number of aryl methyl sites for hydroxylation is 3. The van der Waals surface area contributed by atoms with Crippen LogP contribution >= 0.6 is 0 Å². The van der Waals surface area contributed by atoms with Crippen LogP contribution in [0.3, 0.4) is 0 Å². The molecule has 100 valence electrons. The largest absolute Gasteiger partial charge is 0.464 e. The first-order valence-corrected chi connectivity index (χ1v) is 5.99. The lowest BCUT2D eigenvalue weighted by Crippen LogP contribution is -2.01. The van der Waals surface area contributed by atoms with E-state index in [1.165, 1.54) is 13.2 Å². The van der Waals surface area contributed by atoms with Gasteiger partial charge < -0.3 is 9.72 Å². The number of hydrogen-bond acceptors (Lipinski definition) is 2. The number of carbonyl (C=O) groups excluding carboxylic acids is 1. The minimum absolute atomic E-state index is 0.120. The van der Waals surface area contributed by atoms with Gasteiger partial charge in [0.15, 0.2) is 0 Å². The van der Waals surface area contributed by atoms with Gasteiger partial charge in [-0.25, -0.2) is 9.18 Å². The second-order valence-corrected chi connectivity index (χ2v) is 4.67. The summed E-state index contributed by atoms with van der Waals surface area (Å²) in [5, 5.41) is 0. The molecular weight excluding hydrogens is 245 g/mol. The van der Waals surface area contributed by atoms with Gasteiger partial charge in [0.05, 0.1) is 12.8 Å². The molecule has 0 aliphatic rings. The SMILES string of the molecule is COC(=O)c1cc(F)c(-c2c(C)cc(C)cc2C)[nH]1. The first-order valence-electron chi connectivity index (χ1n) is 5.99. The molecule has 0 fully saturated rings. The number of carbonyl (C=O) groups is 1. The Bertz CT molecular complexity index is 621. The third kappa shape index (κ3) is 2.38. The van der Waals surface area contributed by atoms with E-state index >= 15 is 0 Å². The van der Waals surface area contributed by atoms with E-state index in [1.54, 1.807) is 0 Å². The van der Waals surface area contributed by atoms with E-state index in [-0.39, 0.29) is 5.69 Å². The minimum Gasteiger partial charge on any atom is -0.464 e. The molecule has 0 saturated heterocycles. The third-order valence-corrected chi connectivity index (χ3v) is 3.10. The maximum atomic E-state index is 14.0. The van der Waals surface area contributed by atoms with Crippen molar-refractivity contribution in [1.29, 1.82) is 0 Å². The summed E-state index contributed by atoms with van der Waals surface area (Å²) in [6.07, 6.45) is 0. The monoisotopic (exact) mass is 261 g/mol. The first kappa shape index (κ1) is 13.3. The molecule has 19 heavy (non-hydrogen) atoms. The number of aromatic nitrogens is 1. The third-order valence-electron chi connectivity index (χ3n) is 3.10. The van der Waals surface area contributed by atoms with Gasteiger partial charge in [0.2, 0.25) is 0 Å². The molecule has 0 aliphatic heterocycles. The number of aromatic amines is 1. The summed E-state index contributed by atoms with van der Waals surface area (Å²) in [6, 6.07) is 5.14. The highest BCUT2D eigenvalue weighted by atomic mass is 19.1. The van der Waals surface area contributed by atoms with Crippen molar-refractivity contribution in [3.63, 3.8) is 0 Å². The Balaban J connectivity index is 2.60. The number of benzene rings is 1. The van der Waals surface area contributed by atoms with Gasteiger partial charge in [-0.15, -0.1) is 0 Å². The van der Waals surface area contributed by atoms with Gasteiger partial charge in [0, 0.05) is 11.6 Å². The van der Waals surface area contributed by atoms with Crippen molar-refractivity contribution >= 4 is 5.97 Å². The van der Waals surface area contributed by atoms with Crippen molar-refractivity contribution in [2.24, 2.45) is 0 Å². The summed E-state index contributed by atoms with van der Waals surface area (Å²) < 4.78 is 18.6. The van der Waals surface area contributed by atoms with E-state index in [9.17, 15) is 9.18 Å². The van der Waals surface area contributed by atoms with Gasteiger partial charge in [-0.05, 0) is 31.9 Å². The molecule has 0 radical (unpaired) electrons. The fourth-order valence-electron chi connectivity index (χ4n) is 2.41. The highest BCUT2D eigenvalue weighted by molar-refractivity contribution is 5.89. The summed E-state index contributed by atoms with van der Waals surface area (Å²) in [5.74, 6) is -1.02. The molecule has 1 aromatic carbocycles. The van der Waals surface area contributed by atoms with Crippen molar-refractivity contribution in [3.8, 4) is 11.3 Å². The van der Waals surface area contributed by atoms with Crippen molar-refractivity contribution < 1.29 is 13.9 Å². The number of halogens is 1. The Morgan fingerprint density at radius 1 is 1.16 bits per heavy atom. The first-order chi connectivity index (χ1) is 8.93. The molecular formula is C15H16FNO2. The molecule has 1 aromatic heterocycles. The van der Waals surface area contributed by atoms with Crippen LogP contribution in [0.2, 0.25) is 0 Å². The number of ether oxygens (including phenoxy) is 1. The molecule has 3 nitrogen and oxygen atoms in total. The Morgan fingerprint density at radius 2 is 1.74 bits per heavy atom. The second-order valence-electron chi connectivity index (χ2n) is 4.67. The normalized spacial score (nSPS) is 10.6. The summed E-state index contributed by atoms with van der Waals surface area (Å²) in [5.41, 5.74) is 4.30. The number of hydrogen-bond donors (Lipinski definition) is 1. The quantitative estimate of drug-likeness (QED) is 0.840. The predicted octanol–water partition coefficient (Wildman–Crippen LogP) is 3.53. The highest BCUT2D eigenvalue weighted by Gasteiger charge is 2.18. The van der Waals surface area contributed by atoms with Gasteiger partial charge in [-0.2, -0.15) is 0 Å². The summed E-state index contributed by atoms with van der Waals surface area (Å²) >= 11 is 0. The lowest BCUT2D eigenvalue weighted by atomic mass is 9.97.